The summed E-state index contributed by atoms with van der Waals surface area (Å²) in [4.78, 5) is 33.7. The van der Waals surface area contributed by atoms with Crippen LogP contribution >= 0.6 is 0 Å². The van der Waals surface area contributed by atoms with Crippen LogP contribution in [0.1, 0.15) is 43.8 Å². The van der Waals surface area contributed by atoms with Crippen LogP contribution in [0.4, 0.5) is 19.3 Å². The molecule has 9 nitrogen and oxygen atoms in total. The Balaban J connectivity index is 1.37. The third kappa shape index (κ3) is 4.26. The van der Waals surface area contributed by atoms with Crippen LogP contribution < -0.4 is 10.2 Å². The van der Waals surface area contributed by atoms with Gasteiger partial charge in [0.25, 0.3) is 11.8 Å². The van der Waals surface area contributed by atoms with Crippen LogP contribution in [0, 0.1) is 0 Å². The van der Waals surface area contributed by atoms with E-state index in [0.717, 1.165) is 25.1 Å². The molecule has 0 atom stereocenters. The number of hydrogen-bond donors (Lipinski definition) is 1. The third-order valence-electron chi connectivity index (χ3n) is 6.31. The van der Waals surface area contributed by atoms with Crippen molar-refractivity contribution in [1.82, 2.24) is 25.4 Å². The Labute approximate surface area is 205 Å². The van der Waals surface area contributed by atoms with Crippen LogP contribution in [0.3, 0.4) is 0 Å². The molecule has 0 aliphatic carbocycles. The molecule has 0 bridgehead atoms. The van der Waals surface area contributed by atoms with E-state index in [2.05, 4.69) is 26.6 Å². The van der Waals surface area contributed by atoms with Crippen molar-refractivity contribution in [3.63, 3.8) is 0 Å². The average molecular weight is 495 g/mol. The number of alkyl halides is 2. The van der Waals surface area contributed by atoms with Crippen molar-refractivity contribution < 1.29 is 22.8 Å². The zero-order chi connectivity index (χ0) is 25.4. The van der Waals surface area contributed by atoms with E-state index < -0.39 is 23.9 Å². The number of anilines is 1. The van der Waals surface area contributed by atoms with E-state index in [0.29, 0.717) is 16.9 Å². The number of carbonyl (C=O) groups is 2. The topological polar surface area (TPSA) is 104 Å². The summed E-state index contributed by atoms with van der Waals surface area (Å²) >= 11 is 0. The van der Waals surface area contributed by atoms with Gasteiger partial charge in [-0.25, -0.2) is 4.79 Å². The van der Waals surface area contributed by atoms with E-state index in [4.69, 9.17) is 4.42 Å². The monoisotopic (exact) mass is 494 g/mol. The predicted molar refractivity (Wildman–Crippen MR) is 127 cm³/mol. The second-order valence-electron chi connectivity index (χ2n) is 9.09. The fourth-order valence-corrected chi connectivity index (χ4v) is 4.42. The second-order valence-corrected chi connectivity index (χ2v) is 9.09. The van der Waals surface area contributed by atoms with Gasteiger partial charge in [-0.3, -0.25) is 19.6 Å². The molecule has 0 unspecified atom stereocenters. The maximum atomic E-state index is 13.5. The Hall–Kier alpha value is -3.99. The van der Waals surface area contributed by atoms with E-state index in [1.165, 1.54) is 21.6 Å². The van der Waals surface area contributed by atoms with Crippen LogP contribution in [-0.2, 0) is 11.3 Å². The summed E-state index contributed by atoms with van der Waals surface area (Å²) < 4.78 is 30.3. The van der Waals surface area contributed by atoms with Crippen molar-refractivity contribution in [1.29, 1.82) is 0 Å². The second kappa shape index (κ2) is 9.23. The first-order valence-electron chi connectivity index (χ1n) is 11.5. The molecule has 36 heavy (non-hydrogen) atoms. The first-order valence-corrected chi connectivity index (χ1v) is 11.5. The van der Waals surface area contributed by atoms with Gasteiger partial charge >= 0.3 is 12.5 Å². The molecule has 1 aromatic carbocycles. The highest BCUT2D eigenvalue weighted by Crippen LogP contribution is 2.35. The van der Waals surface area contributed by atoms with Crippen LogP contribution in [0.5, 0.6) is 0 Å². The predicted octanol–water partition coefficient (Wildman–Crippen LogP) is 4.19. The van der Waals surface area contributed by atoms with Crippen molar-refractivity contribution in [2.24, 2.45) is 0 Å². The van der Waals surface area contributed by atoms with Crippen molar-refractivity contribution in [2.75, 3.05) is 18.0 Å². The van der Waals surface area contributed by atoms with E-state index in [9.17, 15) is 18.4 Å². The minimum Gasteiger partial charge on any atom is -0.415 e. The van der Waals surface area contributed by atoms with Crippen LogP contribution in [0.2, 0.25) is 0 Å². The Bertz CT molecular complexity index is 1340. The Morgan fingerprint density at radius 3 is 2.64 bits per heavy atom. The molecule has 0 radical (unpaired) electrons. The number of hydrogen-bond acceptors (Lipinski definition) is 7. The van der Waals surface area contributed by atoms with E-state index in [-0.39, 0.29) is 18.3 Å². The molecule has 3 amide bonds. The molecule has 5 rings (SSSR count). The number of benzene rings is 1. The maximum absolute atomic E-state index is 13.5. The molecule has 0 spiro atoms. The van der Waals surface area contributed by atoms with E-state index in [1.807, 2.05) is 24.3 Å². The normalized spacial score (nSPS) is 17.8. The zero-order valence-electron chi connectivity index (χ0n) is 19.7. The highest BCUT2D eigenvalue weighted by atomic mass is 19.3. The summed E-state index contributed by atoms with van der Waals surface area (Å²) in [7, 11) is 0. The van der Waals surface area contributed by atoms with Gasteiger partial charge < -0.3 is 9.73 Å². The van der Waals surface area contributed by atoms with Gasteiger partial charge in [0.2, 0.25) is 5.89 Å². The van der Waals surface area contributed by atoms with Gasteiger partial charge in [0, 0.05) is 18.4 Å². The molecule has 0 saturated carbocycles. The molecule has 2 aromatic heterocycles. The molecule has 2 aliphatic rings. The van der Waals surface area contributed by atoms with Crippen LogP contribution in [-0.4, -0.2) is 50.6 Å². The summed E-state index contributed by atoms with van der Waals surface area (Å²) in [5.41, 5.74) is 2.58. The first kappa shape index (κ1) is 23.7. The number of imide groups is 1. The van der Waals surface area contributed by atoms with Gasteiger partial charge in [-0.1, -0.05) is 18.2 Å². The highest BCUT2D eigenvalue weighted by Gasteiger charge is 2.52. The van der Waals surface area contributed by atoms with Crippen molar-refractivity contribution in [3.05, 3.63) is 65.8 Å². The number of aromatic nitrogens is 3. The summed E-state index contributed by atoms with van der Waals surface area (Å²) in [6.45, 7) is 5.08. The molecule has 4 heterocycles. The lowest BCUT2D eigenvalue weighted by molar-refractivity contribution is -0.130. The number of pyridine rings is 1. The molecular weight excluding hydrogens is 470 g/mol. The number of urea groups is 1. The van der Waals surface area contributed by atoms with Crippen molar-refractivity contribution in [2.45, 2.75) is 38.8 Å². The largest absolute Gasteiger partial charge is 0.415 e. The fourth-order valence-electron chi connectivity index (χ4n) is 4.42. The fraction of sp³-hybridized carbons (Fsp3) is 0.320. The standard InChI is InChI=1S/C25H24F2N6O3/c1-25(2)23(34)32(14-18-7-6-17(13-29-18)21-30-31-22(36-21)20(26)27)24(35)33(25)19-5-3-4-16(12-19)15-8-10-28-11-9-15/h3-8,12-13,20,28H,9-11,14H2,1-2H3. The van der Waals surface area contributed by atoms with Gasteiger partial charge in [-0.05, 0) is 62.2 Å². The Kier molecular flexibility index (Phi) is 6.09. The van der Waals surface area contributed by atoms with Gasteiger partial charge in [0.1, 0.15) is 5.54 Å². The number of nitrogens with one attached hydrogen (secondary N) is 1. The smallest absolute Gasteiger partial charge is 0.332 e. The quantitative estimate of drug-likeness (QED) is 0.513. The van der Waals surface area contributed by atoms with E-state index in [1.54, 1.807) is 26.0 Å². The number of carbonyl (C=O) groups excluding carboxylic acids is 2. The van der Waals surface area contributed by atoms with Gasteiger partial charge in [0.15, 0.2) is 0 Å². The lowest BCUT2D eigenvalue weighted by Gasteiger charge is -2.28. The van der Waals surface area contributed by atoms with Crippen molar-refractivity contribution >= 4 is 23.2 Å². The van der Waals surface area contributed by atoms with Gasteiger partial charge in [-0.2, -0.15) is 8.78 Å². The van der Waals surface area contributed by atoms with Crippen LogP contribution in [0.15, 0.2) is 53.1 Å². The number of halogens is 2. The summed E-state index contributed by atoms with van der Waals surface area (Å²) in [5, 5.41) is 10.2. The molecule has 11 heteroatoms. The van der Waals surface area contributed by atoms with Crippen molar-refractivity contribution in [3.8, 4) is 11.5 Å². The Morgan fingerprint density at radius 1 is 1.14 bits per heavy atom. The average Bonchev–Trinajstić information content (AvgIpc) is 3.44. The summed E-state index contributed by atoms with van der Waals surface area (Å²) in [6, 6.07) is 10.4. The molecular formula is C25H24F2N6O3. The van der Waals surface area contributed by atoms with E-state index >= 15 is 0 Å². The molecule has 1 N–H and O–H groups in total. The zero-order valence-corrected chi connectivity index (χ0v) is 19.7. The number of rotatable bonds is 6. The Morgan fingerprint density at radius 2 is 1.97 bits per heavy atom. The number of amides is 3. The van der Waals surface area contributed by atoms with Gasteiger partial charge in [0.05, 0.1) is 17.8 Å². The minimum atomic E-state index is -2.87. The van der Waals surface area contributed by atoms with Gasteiger partial charge in [-0.15, -0.1) is 10.2 Å². The third-order valence-corrected chi connectivity index (χ3v) is 6.31. The summed E-state index contributed by atoms with van der Waals surface area (Å²) in [6.07, 6.45) is 1.53. The molecule has 1 saturated heterocycles. The molecule has 2 aliphatic heterocycles. The lowest BCUT2D eigenvalue weighted by Crippen LogP contribution is -2.44. The SMILES string of the molecule is CC1(C)C(=O)N(Cc2ccc(-c3nnc(C(F)F)o3)cn2)C(=O)N1c1cccc(C2=CCNCC2)c1. The molecule has 1 fully saturated rings. The summed E-state index contributed by atoms with van der Waals surface area (Å²) in [5.74, 6) is -1.21. The first-order chi connectivity index (χ1) is 17.3. The molecule has 186 valence electrons. The lowest BCUT2D eigenvalue weighted by atomic mass is 9.98. The number of nitrogens with zero attached hydrogens (tertiary/aromatic N) is 5. The minimum absolute atomic E-state index is 0.0412. The highest BCUT2D eigenvalue weighted by molar-refractivity contribution is 6.16. The maximum Gasteiger partial charge on any atom is 0.332 e. The van der Waals surface area contributed by atoms with Crippen LogP contribution in [0.25, 0.3) is 17.0 Å². The molecule has 3 aromatic rings.